The number of halogens is 1. The molecule has 1 aliphatic rings. The number of aliphatic hydroxyl groups is 2. The number of amides is 1. The standard InChI is InChI=1S/C16H23ClN2O3/c1-16(10-20,11-21)9-18(2)14-6-7-19(15(14)22)13-5-3-4-12(17)8-13/h3-5,8,14,20-21H,6-7,9-11H2,1-2H3. The Morgan fingerprint density at radius 3 is 2.68 bits per heavy atom. The fourth-order valence-electron chi connectivity index (χ4n) is 2.84. The van der Waals surface area contributed by atoms with E-state index in [1.54, 1.807) is 24.0 Å². The fourth-order valence-corrected chi connectivity index (χ4v) is 3.02. The molecule has 1 heterocycles. The maximum Gasteiger partial charge on any atom is 0.244 e. The Kier molecular flexibility index (Phi) is 5.45. The summed E-state index contributed by atoms with van der Waals surface area (Å²) in [6.45, 7) is 2.67. The second-order valence-corrected chi connectivity index (χ2v) is 6.75. The summed E-state index contributed by atoms with van der Waals surface area (Å²) in [4.78, 5) is 16.3. The first kappa shape index (κ1) is 17.2. The summed E-state index contributed by atoms with van der Waals surface area (Å²) < 4.78 is 0. The monoisotopic (exact) mass is 326 g/mol. The predicted molar refractivity (Wildman–Crippen MR) is 87.1 cm³/mol. The highest BCUT2D eigenvalue weighted by Crippen LogP contribution is 2.27. The number of benzene rings is 1. The Hall–Kier alpha value is -1.14. The third-order valence-corrected chi connectivity index (χ3v) is 4.46. The van der Waals surface area contributed by atoms with Gasteiger partial charge in [-0.15, -0.1) is 0 Å². The number of anilines is 1. The predicted octanol–water partition coefficient (Wildman–Crippen LogP) is 1.37. The highest BCUT2D eigenvalue weighted by atomic mass is 35.5. The summed E-state index contributed by atoms with van der Waals surface area (Å²) in [7, 11) is 1.85. The minimum atomic E-state index is -0.613. The summed E-state index contributed by atoms with van der Waals surface area (Å²) in [6, 6.07) is 7.03. The first-order valence-electron chi connectivity index (χ1n) is 7.39. The Morgan fingerprint density at radius 2 is 2.09 bits per heavy atom. The summed E-state index contributed by atoms with van der Waals surface area (Å²) in [5.41, 5.74) is 0.193. The number of carbonyl (C=O) groups is 1. The molecule has 1 fully saturated rings. The second kappa shape index (κ2) is 6.96. The van der Waals surface area contributed by atoms with Crippen molar-refractivity contribution in [1.29, 1.82) is 0 Å². The SMILES string of the molecule is CN(CC(C)(CO)CO)C1CCN(c2cccc(Cl)c2)C1=O. The highest BCUT2D eigenvalue weighted by molar-refractivity contribution is 6.30. The molecule has 0 spiro atoms. The Balaban J connectivity index is 2.08. The van der Waals surface area contributed by atoms with Gasteiger partial charge in [-0.3, -0.25) is 9.69 Å². The van der Waals surface area contributed by atoms with Gasteiger partial charge in [-0.1, -0.05) is 24.6 Å². The van der Waals surface area contributed by atoms with Crippen LogP contribution in [0.2, 0.25) is 5.02 Å². The molecule has 0 aromatic heterocycles. The Morgan fingerprint density at radius 1 is 1.41 bits per heavy atom. The van der Waals surface area contributed by atoms with E-state index in [1.165, 1.54) is 0 Å². The van der Waals surface area contributed by atoms with Crippen LogP contribution in [0.15, 0.2) is 24.3 Å². The van der Waals surface area contributed by atoms with Gasteiger partial charge in [-0.2, -0.15) is 0 Å². The van der Waals surface area contributed by atoms with Crippen LogP contribution in [0.1, 0.15) is 13.3 Å². The zero-order valence-electron chi connectivity index (χ0n) is 13.0. The largest absolute Gasteiger partial charge is 0.396 e. The van der Waals surface area contributed by atoms with Crippen LogP contribution in [-0.4, -0.2) is 60.4 Å². The normalized spacial score (nSPS) is 19.3. The van der Waals surface area contributed by atoms with E-state index in [1.807, 2.05) is 24.1 Å². The maximum atomic E-state index is 12.6. The third-order valence-electron chi connectivity index (χ3n) is 4.22. The van der Waals surface area contributed by atoms with Crippen molar-refractivity contribution in [1.82, 2.24) is 4.90 Å². The molecule has 1 aromatic carbocycles. The highest BCUT2D eigenvalue weighted by Gasteiger charge is 2.37. The molecule has 1 unspecified atom stereocenters. The number of likely N-dealkylation sites (N-methyl/N-ethyl adjacent to an activating group) is 1. The van der Waals surface area contributed by atoms with Crippen LogP contribution in [-0.2, 0) is 4.79 Å². The first-order chi connectivity index (χ1) is 10.4. The van der Waals surface area contributed by atoms with Gasteiger partial charge >= 0.3 is 0 Å². The molecule has 0 radical (unpaired) electrons. The third kappa shape index (κ3) is 3.60. The lowest BCUT2D eigenvalue weighted by Crippen LogP contribution is -2.46. The lowest BCUT2D eigenvalue weighted by Gasteiger charge is -2.33. The number of carbonyl (C=O) groups excluding carboxylic acids is 1. The molecule has 6 heteroatoms. The van der Waals surface area contributed by atoms with E-state index in [4.69, 9.17) is 11.6 Å². The quantitative estimate of drug-likeness (QED) is 0.828. The Labute approximate surface area is 136 Å². The van der Waals surface area contributed by atoms with E-state index < -0.39 is 5.41 Å². The number of hydrogen-bond acceptors (Lipinski definition) is 4. The lowest BCUT2D eigenvalue weighted by atomic mass is 9.92. The molecule has 2 N–H and O–H groups in total. The van der Waals surface area contributed by atoms with Gasteiger partial charge in [0, 0.05) is 29.2 Å². The average Bonchev–Trinajstić information content (AvgIpc) is 2.89. The molecule has 0 aliphatic carbocycles. The lowest BCUT2D eigenvalue weighted by molar-refractivity contribution is -0.122. The Bertz CT molecular complexity index is 534. The van der Waals surface area contributed by atoms with Crippen molar-refractivity contribution in [3.05, 3.63) is 29.3 Å². The average molecular weight is 327 g/mol. The van der Waals surface area contributed by atoms with Crippen LogP contribution in [0, 0.1) is 5.41 Å². The molecule has 1 amide bonds. The fraction of sp³-hybridized carbons (Fsp3) is 0.562. The van der Waals surface area contributed by atoms with Gasteiger partial charge in [0.25, 0.3) is 0 Å². The van der Waals surface area contributed by atoms with Crippen molar-refractivity contribution in [3.8, 4) is 0 Å². The van der Waals surface area contributed by atoms with Crippen LogP contribution < -0.4 is 4.90 Å². The second-order valence-electron chi connectivity index (χ2n) is 6.32. The van der Waals surface area contributed by atoms with E-state index in [0.29, 0.717) is 18.1 Å². The molecule has 1 atom stereocenters. The number of hydrogen-bond donors (Lipinski definition) is 2. The summed E-state index contributed by atoms with van der Waals surface area (Å²) in [5, 5.41) is 19.4. The molecule has 1 aromatic rings. The number of aliphatic hydroxyl groups excluding tert-OH is 2. The molecule has 5 nitrogen and oxygen atoms in total. The number of rotatable bonds is 6. The summed E-state index contributed by atoms with van der Waals surface area (Å²) in [6.07, 6.45) is 0.717. The van der Waals surface area contributed by atoms with E-state index in [9.17, 15) is 15.0 Å². The van der Waals surface area contributed by atoms with Gasteiger partial charge < -0.3 is 15.1 Å². The molecule has 2 rings (SSSR count). The van der Waals surface area contributed by atoms with Gasteiger partial charge in [-0.05, 0) is 31.7 Å². The van der Waals surface area contributed by atoms with E-state index in [-0.39, 0.29) is 25.2 Å². The van der Waals surface area contributed by atoms with Crippen molar-refractivity contribution < 1.29 is 15.0 Å². The van der Waals surface area contributed by atoms with Crippen LogP contribution in [0.4, 0.5) is 5.69 Å². The van der Waals surface area contributed by atoms with Crippen LogP contribution in [0.5, 0.6) is 0 Å². The maximum absolute atomic E-state index is 12.6. The minimum Gasteiger partial charge on any atom is -0.396 e. The van der Waals surface area contributed by atoms with Crippen LogP contribution in [0.25, 0.3) is 0 Å². The molecular formula is C16H23ClN2O3. The molecule has 122 valence electrons. The van der Waals surface area contributed by atoms with Crippen molar-refractivity contribution in [3.63, 3.8) is 0 Å². The van der Waals surface area contributed by atoms with E-state index >= 15 is 0 Å². The summed E-state index contributed by atoms with van der Waals surface area (Å²) in [5.74, 6) is 0.0306. The molecule has 0 saturated carbocycles. The van der Waals surface area contributed by atoms with Crippen LogP contribution >= 0.6 is 11.6 Å². The smallest absolute Gasteiger partial charge is 0.244 e. The summed E-state index contributed by atoms with van der Waals surface area (Å²) >= 11 is 5.99. The molecule has 1 aliphatic heterocycles. The topological polar surface area (TPSA) is 64.0 Å². The van der Waals surface area contributed by atoms with Crippen molar-refractivity contribution in [2.24, 2.45) is 5.41 Å². The van der Waals surface area contributed by atoms with Gasteiger partial charge in [0.15, 0.2) is 0 Å². The molecular weight excluding hydrogens is 304 g/mol. The molecule has 0 bridgehead atoms. The zero-order valence-corrected chi connectivity index (χ0v) is 13.8. The van der Waals surface area contributed by atoms with Gasteiger partial charge in [0.2, 0.25) is 5.91 Å². The molecule has 1 saturated heterocycles. The first-order valence-corrected chi connectivity index (χ1v) is 7.77. The minimum absolute atomic E-state index is 0.0306. The molecule has 22 heavy (non-hydrogen) atoms. The van der Waals surface area contributed by atoms with Crippen molar-refractivity contribution in [2.75, 3.05) is 38.3 Å². The number of nitrogens with zero attached hydrogens (tertiary/aromatic N) is 2. The van der Waals surface area contributed by atoms with Crippen LogP contribution in [0.3, 0.4) is 0 Å². The van der Waals surface area contributed by atoms with Crippen molar-refractivity contribution in [2.45, 2.75) is 19.4 Å². The van der Waals surface area contributed by atoms with E-state index in [2.05, 4.69) is 0 Å². The van der Waals surface area contributed by atoms with Gasteiger partial charge in [0.1, 0.15) is 0 Å². The van der Waals surface area contributed by atoms with Crippen molar-refractivity contribution >= 4 is 23.2 Å². The zero-order chi connectivity index (χ0) is 16.3. The van der Waals surface area contributed by atoms with E-state index in [0.717, 1.165) is 12.1 Å². The van der Waals surface area contributed by atoms with Gasteiger partial charge in [0.05, 0.1) is 19.3 Å². The van der Waals surface area contributed by atoms with Gasteiger partial charge in [-0.25, -0.2) is 0 Å².